The summed E-state index contributed by atoms with van der Waals surface area (Å²) in [5.41, 5.74) is 2.97. The van der Waals surface area contributed by atoms with Gasteiger partial charge in [-0.1, -0.05) is 19.4 Å². The van der Waals surface area contributed by atoms with Gasteiger partial charge in [-0.15, -0.1) is 0 Å². The lowest BCUT2D eigenvalue weighted by Gasteiger charge is -2.59. The molecule has 4 heteroatoms. The summed E-state index contributed by atoms with van der Waals surface area (Å²) >= 11 is 0. The zero-order valence-electron chi connectivity index (χ0n) is 18.1. The highest BCUT2D eigenvalue weighted by molar-refractivity contribution is 5.78. The van der Waals surface area contributed by atoms with E-state index in [2.05, 4.69) is 35.9 Å². The molecule has 29 heavy (non-hydrogen) atoms. The van der Waals surface area contributed by atoms with E-state index in [1.807, 2.05) is 6.20 Å². The molecule has 156 valence electrons. The SMILES string of the molecule is COc1cncc(C2=CCC3C4CCN5C(=O)CCCCC5(C)C4CCC23C)c1. The van der Waals surface area contributed by atoms with Crippen LogP contribution in [0.3, 0.4) is 0 Å². The summed E-state index contributed by atoms with van der Waals surface area (Å²) in [6, 6.07) is 2.15. The minimum Gasteiger partial charge on any atom is -0.495 e. The van der Waals surface area contributed by atoms with Crippen LogP contribution in [0.15, 0.2) is 24.5 Å². The van der Waals surface area contributed by atoms with Crippen LogP contribution in [0.1, 0.15) is 70.8 Å². The van der Waals surface area contributed by atoms with Crippen LogP contribution in [-0.2, 0) is 4.79 Å². The molecule has 4 nitrogen and oxygen atoms in total. The van der Waals surface area contributed by atoms with E-state index in [9.17, 15) is 4.79 Å². The summed E-state index contributed by atoms with van der Waals surface area (Å²) in [5, 5.41) is 0. The normalized spacial score (nSPS) is 39.1. The monoisotopic (exact) mass is 394 g/mol. The minimum absolute atomic E-state index is 0.0676. The fraction of sp³-hybridized carbons (Fsp3) is 0.680. The zero-order valence-corrected chi connectivity index (χ0v) is 18.1. The largest absolute Gasteiger partial charge is 0.495 e. The third-order valence-corrected chi connectivity index (χ3v) is 9.00. The molecule has 1 saturated carbocycles. The van der Waals surface area contributed by atoms with Crippen LogP contribution in [0.4, 0.5) is 0 Å². The number of aromatic nitrogens is 1. The second-order valence-electron chi connectivity index (χ2n) is 10.2. The maximum Gasteiger partial charge on any atom is 0.223 e. The van der Waals surface area contributed by atoms with E-state index < -0.39 is 0 Å². The number of pyridine rings is 1. The van der Waals surface area contributed by atoms with Gasteiger partial charge in [0.15, 0.2) is 0 Å². The van der Waals surface area contributed by atoms with Crippen molar-refractivity contribution in [2.45, 2.75) is 70.8 Å². The van der Waals surface area contributed by atoms with Gasteiger partial charge in [0.2, 0.25) is 5.91 Å². The molecule has 1 aromatic rings. The first-order chi connectivity index (χ1) is 14.0. The van der Waals surface area contributed by atoms with Crippen molar-refractivity contribution in [2.24, 2.45) is 23.2 Å². The average molecular weight is 395 g/mol. The molecule has 2 aliphatic heterocycles. The van der Waals surface area contributed by atoms with Gasteiger partial charge < -0.3 is 9.64 Å². The Balaban J connectivity index is 1.45. The zero-order chi connectivity index (χ0) is 20.2. The summed E-state index contributed by atoms with van der Waals surface area (Å²) in [6.45, 7) is 5.85. The van der Waals surface area contributed by atoms with Gasteiger partial charge >= 0.3 is 0 Å². The quantitative estimate of drug-likeness (QED) is 0.701. The summed E-state index contributed by atoms with van der Waals surface area (Å²) in [6.07, 6.45) is 15.2. The van der Waals surface area contributed by atoms with Crippen molar-refractivity contribution in [1.82, 2.24) is 9.88 Å². The number of rotatable bonds is 2. The standard InChI is InChI=1S/C25H34N2O2/c1-24-12-9-22-19(10-13-27-23(28)6-4-5-11-25(22,27)2)21(24)8-7-20(24)17-14-18(29-3)16-26-15-17/h7,14-16,19,21-22H,4-6,8-13H2,1-3H3. The van der Waals surface area contributed by atoms with E-state index in [-0.39, 0.29) is 11.0 Å². The van der Waals surface area contributed by atoms with E-state index in [1.165, 1.54) is 43.2 Å². The molecular weight excluding hydrogens is 360 g/mol. The number of ether oxygens (including phenoxy) is 1. The second kappa shape index (κ2) is 6.85. The van der Waals surface area contributed by atoms with Gasteiger partial charge in [0.05, 0.1) is 13.3 Å². The molecule has 0 bridgehead atoms. The van der Waals surface area contributed by atoms with Gasteiger partial charge in [0.1, 0.15) is 5.75 Å². The van der Waals surface area contributed by atoms with Gasteiger partial charge in [-0.2, -0.15) is 0 Å². The molecule has 5 rings (SSSR count). The molecule has 0 aromatic carbocycles. The highest BCUT2D eigenvalue weighted by Crippen LogP contribution is 2.63. The summed E-state index contributed by atoms with van der Waals surface area (Å²) in [7, 11) is 1.71. The Kier molecular flexibility index (Phi) is 4.52. The highest BCUT2D eigenvalue weighted by atomic mass is 16.5. The number of hydrogen-bond acceptors (Lipinski definition) is 3. The minimum atomic E-state index is 0.0676. The number of fused-ring (bicyclic) bond motifs is 5. The molecule has 5 unspecified atom stereocenters. The number of amides is 1. The second-order valence-corrected chi connectivity index (χ2v) is 10.2. The third-order valence-electron chi connectivity index (χ3n) is 9.00. The van der Waals surface area contributed by atoms with Gasteiger partial charge in [0, 0.05) is 24.7 Å². The summed E-state index contributed by atoms with van der Waals surface area (Å²) < 4.78 is 5.44. The molecule has 5 atom stereocenters. The predicted octanol–water partition coefficient (Wildman–Crippen LogP) is 5.09. The third kappa shape index (κ3) is 2.78. The number of methoxy groups -OCH3 is 1. The number of carbonyl (C=O) groups is 1. The molecule has 0 N–H and O–H groups in total. The summed E-state index contributed by atoms with van der Waals surface area (Å²) in [5.74, 6) is 3.28. The topological polar surface area (TPSA) is 42.4 Å². The Morgan fingerprint density at radius 3 is 2.83 bits per heavy atom. The van der Waals surface area contributed by atoms with Crippen molar-refractivity contribution < 1.29 is 9.53 Å². The number of hydrogen-bond donors (Lipinski definition) is 0. The fourth-order valence-corrected chi connectivity index (χ4v) is 7.51. The van der Waals surface area contributed by atoms with Crippen LogP contribution in [0.25, 0.3) is 5.57 Å². The molecule has 4 aliphatic rings. The average Bonchev–Trinajstić information content (AvgIpc) is 3.00. The number of nitrogens with zero attached hydrogens (tertiary/aromatic N) is 2. The number of allylic oxidation sites excluding steroid dienone is 2. The van der Waals surface area contributed by atoms with Crippen LogP contribution >= 0.6 is 0 Å². The van der Waals surface area contributed by atoms with Crippen molar-refractivity contribution in [3.63, 3.8) is 0 Å². The van der Waals surface area contributed by atoms with Gasteiger partial charge in [-0.3, -0.25) is 9.78 Å². The van der Waals surface area contributed by atoms with E-state index >= 15 is 0 Å². The molecule has 1 aromatic heterocycles. The number of piperidine rings is 1. The molecule has 1 amide bonds. The number of carbonyl (C=O) groups excluding carboxylic acids is 1. The van der Waals surface area contributed by atoms with E-state index in [4.69, 9.17) is 4.74 Å². The van der Waals surface area contributed by atoms with E-state index in [0.29, 0.717) is 23.7 Å². The van der Waals surface area contributed by atoms with E-state index in [1.54, 1.807) is 13.3 Å². The molecule has 3 heterocycles. The summed E-state index contributed by atoms with van der Waals surface area (Å²) in [4.78, 5) is 19.5. The lowest BCUT2D eigenvalue weighted by atomic mass is 9.52. The van der Waals surface area contributed by atoms with Crippen LogP contribution in [0, 0.1) is 23.2 Å². The molecule has 0 spiro atoms. The van der Waals surface area contributed by atoms with Gasteiger partial charge in [0.25, 0.3) is 0 Å². The van der Waals surface area contributed by atoms with Crippen molar-refractivity contribution >= 4 is 11.5 Å². The van der Waals surface area contributed by atoms with Gasteiger partial charge in [-0.05, 0) is 85.8 Å². The first-order valence-corrected chi connectivity index (χ1v) is 11.5. The van der Waals surface area contributed by atoms with Gasteiger partial charge in [-0.25, -0.2) is 0 Å². The maximum absolute atomic E-state index is 12.8. The van der Waals surface area contributed by atoms with Crippen molar-refractivity contribution in [3.8, 4) is 5.75 Å². The van der Waals surface area contributed by atoms with Crippen molar-refractivity contribution in [3.05, 3.63) is 30.1 Å². The highest BCUT2D eigenvalue weighted by Gasteiger charge is 2.58. The van der Waals surface area contributed by atoms with Crippen molar-refractivity contribution in [2.75, 3.05) is 13.7 Å². The van der Waals surface area contributed by atoms with Crippen LogP contribution in [0.2, 0.25) is 0 Å². The molecule has 0 radical (unpaired) electrons. The Labute approximate surface area is 174 Å². The molecule has 2 aliphatic carbocycles. The van der Waals surface area contributed by atoms with Crippen molar-refractivity contribution in [1.29, 1.82) is 0 Å². The Morgan fingerprint density at radius 2 is 2.00 bits per heavy atom. The Morgan fingerprint density at radius 1 is 1.14 bits per heavy atom. The van der Waals surface area contributed by atoms with Crippen LogP contribution < -0.4 is 4.74 Å². The molecule has 2 saturated heterocycles. The molecule has 3 fully saturated rings. The smallest absolute Gasteiger partial charge is 0.223 e. The first-order valence-electron chi connectivity index (χ1n) is 11.5. The maximum atomic E-state index is 12.8. The van der Waals surface area contributed by atoms with Crippen LogP contribution in [0.5, 0.6) is 5.75 Å². The molecular formula is C25H34N2O2. The lowest BCUT2D eigenvalue weighted by Crippen LogP contribution is -2.62. The Hall–Kier alpha value is -1.84. The lowest BCUT2D eigenvalue weighted by molar-refractivity contribution is -0.150. The predicted molar refractivity (Wildman–Crippen MR) is 114 cm³/mol. The fourth-order valence-electron chi connectivity index (χ4n) is 7.51. The Bertz CT molecular complexity index is 849. The van der Waals surface area contributed by atoms with E-state index in [0.717, 1.165) is 31.6 Å². The van der Waals surface area contributed by atoms with Crippen LogP contribution in [-0.4, -0.2) is 35.0 Å². The first kappa shape index (κ1) is 19.1.